The van der Waals surface area contributed by atoms with E-state index in [4.69, 9.17) is 5.14 Å². The van der Waals surface area contributed by atoms with Gasteiger partial charge >= 0.3 is 0 Å². The molecule has 1 aliphatic rings. The fourth-order valence-corrected chi connectivity index (χ4v) is 2.62. The molecule has 6 heteroatoms. The van der Waals surface area contributed by atoms with Gasteiger partial charge in [-0.15, -0.1) is 0 Å². The highest BCUT2D eigenvalue weighted by Gasteiger charge is 2.42. The lowest BCUT2D eigenvalue weighted by Crippen LogP contribution is -2.27. The Bertz CT molecular complexity index is 565. The van der Waals surface area contributed by atoms with Crippen molar-refractivity contribution < 1.29 is 13.2 Å². The van der Waals surface area contributed by atoms with Gasteiger partial charge in [-0.25, -0.2) is 13.6 Å². The Morgan fingerprint density at radius 2 is 1.89 bits per heavy atom. The summed E-state index contributed by atoms with van der Waals surface area (Å²) in [5.41, 5.74) is 1.04. The van der Waals surface area contributed by atoms with Gasteiger partial charge in [0.05, 0.1) is 4.90 Å². The number of benzene rings is 1. The molecule has 0 aliphatic heterocycles. The zero-order chi connectivity index (χ0) is 13.5. The summed E-state index contributed by atoms with van der Waals surface area (Å²) in [6, 6.07) is 6.76. The van der Waals surface area contributed by atoms with E-state index in [1.54, 1.807) is 31.0 Å². The minimum atomic E-state index is -3.63. The largest absolute Gasteiger partial charge is 0.342 e. The second kappa shape index (κ2) is 4.37. The molecule has 5 nitrogen and oxygen atoms in total. The summed E-state index contributed by atoms with van der Waals surface area (Å²) in [4.78, 5) is 13.1. The normalized spacial score (nSPS) is 22.6. The van der Waals surface area contributed by atoms with Gasteiger partial charge in [-0.05, 0) is 24.1 Å². The van der Waals surface area contributed by atoms with E-state index < -0.39 is 10.0 Å². The third-order valence-corrected chi connectivity index (χ3v) is 4.32. The first-order valence-corrected chi connectivity index (χ1v) is 7.21. The van der Waals surface area contributed by atoms with E-state index in [2.05, 4.69) is 0 Å². The number of carbonyl (C=O) groups excluding carboxylic acids is 1. The van der Waals surface area contributed by atoms with Crippen molar-refractivity contribution in [3.8, 4) is 0 Å². The molecule has 0 unspecified atom stereocenters. The molecule has 1 aromatic rings. The predicted octanol–water partition coefficient (Wildman–Crippen LogP) is 0.668. The van der Waals surface area contributed by atoms with Crippen LogP contribution in [0.25, 0.3) is 0 Å². The maximum Gasteiger partial charge on any atom is 0.238 e. The second-order valence-electron chi connectivity index (χ2n) is 4.65. The van der Waals surface area contributed by atoms with E-state index >= 15 is 0 Å². The molecular formula is C12H16N2O3S. The number of amides is 1. The number of nitrogens with zero attached hydrogens (tertiary/aromatic N) is 1. The lowest BCUT2D eigenvalue weighted by atomic mass is 10.1. The van der Waals surface area contributed by atoms with E-state index in [0.29, 0.717) is 5.92 Å². The van der Waals surface area contributed by atoms with Crippen molar-refractivity contribution in [2.75, 3.05) is 7.05 Å². The standard InChI is InChI=1S/C12H16N2O3S/c1-8(15)14(2)12-7-11(12)9-3-5-10(6-4-9)18(13,16)17/h3-6,11-12H,7H2,1-2H3,(H2,13,16,17)/t11-,12+/m1/s1. The molecule has 2 atom stereocenters. The molecule has 0 radical (unpaired) electrons. The van der Waals surface area contributed by atoms with Gasteiger partial charge in [0.25, 0.3) is 0 Å². The SMILES string of the molecule is CC(=O)N(C)[C@H]1C[C@@H]1c1ccc(S(N)(=O)=O)cc1. The Morgan fingerprint density at radius 3 is 2.33 bits per heavy atom. The van der Waals surface area contributed by atoms with Crippen LogP contribution in [0.15, 0.2) is 29.2 Å². The van der Waals surface area contributed by atoms with Crippen LogP contribution in [0.2, 0.25) is 0 Å². The quantitative estimate of drug-likeness (QED) is 0.874. The molecule has 1 aromatic carbocycles. The number of hydrogen-bond acceptors (Lipinski definition) is 3. The van der Waals surface area contributed by atoms with Crippen LogP contribution >= 0.6 is 0 Å². The summed E-state index contributed by atoms with van der Waals surface area (Å²) in [6.07, 6.45) is 0.921. The number of carbonyl (C=O) groups is 1. The molecule has 1 amide bonds. The molecule has 1 aliphatic carbocycles. The van der Waals surface area contributed by atoms with Crippen molar-refractivity contribution in [1.82, 2.24) is 4.90 Å². The Labute approximate surface area is 107 Å². The zero-order valence-corrected chi connectivity index (χ0v) is 11.1. The van der Waals surface area contributed by atoms with Gasteiger partial charge in [-0.3, -0.25) is 4.79 Å². The topological polar surface area (TPSA) is 80.5 Å². The first-order valence-electron chi connectivity index (χ1n) is 5.67. The molecule has 18 heavy (non-hydrogen) atoms. The highest BCUT2D eigenvalue weighted by Crippen LogP contribution is 2.44. The van der Waals surface area contributed by atoms with E-state index in [9.17, 15) is 13.2 Å². The molecule has 2 rings (SSSR count). The molecule has 2 N–H and O–H groups in total. The lowest BCUT2D eigenvalue weighted by Gasteiger charge is -2.14. The highest BCUT2D eigenvalue weighted by molar-refractivity contribution is 7.89. The number of sulfonamides is 1. The average molecular weight is 268 g/mol. The van der Waals surface area contributed by atoms with Gasteiger partial charge in [0.2, 0.25) is 15.9 Å². The van der Waals surface area contributed by atoms with Gasteiger partial charge in [-0.1, -0.05) is 12.1 Å². The van der Waals surface area contributed by atoms with Crippen LogP contribution in [-0.4, -0.2) is 32.3 Å². The molecular weight excluding hydrogens is 252 g/mol. The van der Waals surface area contributed by atoms with Crippen LogP contribution < -0.4 is 5.14 Å². The summed E-state index contributed by atoms with van der Waals surface area (Å²) in [7, 11) is -1.85. The Hall–Kier alpha value is -1.40. The summed E-state index contributed by atoms with van der Waals surface area (Å²) in [5, 5.41) is 5.03. The molecule has 0 heterocycles. The van der Waals surface area contributed by atoms with Gasteiger partial charge in [0.1, 0.15) is 0 Å². The van der Waals surface area contributed by atoms with Gasteiger partial charge in [0, 0.05) is 25.9 Å². The summed E-state index contributed by atoms with van der Waals surface area (Å²) in [6.45, 7) is 1.54. The van der Waals surface area contributed by atoms with Gasteiger partial charge in [0.15, 0.2) is 0 Å². The maximum atomic E-state index is 11.2. The van der Waals surface area contributed by atoms with Crippen molar-refractivity contribution >= 4 is 15.9 Å². The smallest absolute Gasteiger partial charge is 0.238 e. The fourth-order valence-electron chi connectivity index (χ4n) is 2.11. The van der Waals surface area contributed by atoms with Crippen LogP contribution in [0.1, 0.15) is 24.8 Å². The highest BCUT2D eigenvalue weighted by atomic mass is 32.2. The van der Waals surface area contributed by atoms with Gasteiger partial charge in [-0.2, -0.15) is 0 Å². The Morgan fingerprint density at radius 1 is 1.33 bits per heavy atom. The fraction of sp³-hybridized carbons (Fsp3) is 0.417. The van der Waals surface area contributed by atoms with Crippen LogP contribution in [0.5, 0.6) is 0 Å². The molecule has 0 aromatic heterocycles. The van der Waals surface area contributed by atoms with Crippen LogP contribution in [0.3, 0.4) is 0 Å². The predicted molar refractivity (Wildman–Crippen MR) is 67.4 cm³/mol. The van der Waals surface area contributed by atoms with E-state index in [0.717, 1.165) is 12.0 Å². The third kappa shape index (κ3) is 2.54. The zero-order valence-electron chi connectivity index (χ0n) is 10.3. The molecule has 0 saturated heterocycles. The van der Waals surface area contributed by atoms with Gasteiger partial charge < -0.3 is 4.90 Å². The molecule has 1 fully saturated rings. The first kappa shape index (κ1) is 13.0. The van der Waals surface area contributed by atoms with E-state index in [1.807, 2.05) is 0 Å². The minimum absolute atomic E-state index is 0.0451. The number of likely N-dealkylation sites (N-methyl/N-ethyl adjacent to an activating group) is 1. The van der Waals surface area contributed by atoms with Crippen LogP contribution in [0.4, 0.5) is 0 Å². The number of nitrogens with two attached hydrogens (primary N) is 1. The summed E-state index contributed by atoms with van der Waals surface area (Å²) >= 11 is 0. The first-order chi connectivity index (χ1) is 8.30. The number of hydrogen-bond donors (Lipinski definition) is 1. The number of primary sulfonamides is 1. The van der Waals surface area contributed by atoms with Crippen molar-refractivity contribution in [2.45, 2.75) is 30.2 Å². The Balaban J connectivity index is 2.12. The summed E-state index contributed by atoms with van der Waals surface area (Å²) < 4.78 is 22.2. The van der Waals surface area contributed by atoms with Crippen molar-refractivity contribution in [2.24, 2.45) is 5.14 Å². The molecule has 1 saturated carbocycles. The molecule has 0 spiro atoms. The summed E-state index contributed by atoms with van der Waals surface area (Å²) in [5.74, 6) is 0.345. The van der Waals surface area contributed by atoms with Crippen LogP contribution in [0, 0.1) is 0 Å². The van der Waals surface area contributed by atoms with Crippen molar-refractivity contribution in [3.05, 3.63) is 29.8 Å². The Kier molecular flexibility index (Phi) is 3.16. The van der Waals surface area contributed by atoms with E-state index in [-0.39, 0.29) is 16.8 Å². The maximum absolute atomic E-state index is 11.2. The van der Waals surface area contributed by atoms with E-state index in [1.165, 1.54) is 12.1 Å². The third-order valence-electron chi connectivity index (χ3n) is 3.39. The van der Waals surface area contributed by atoms with Crippen LogP contribution in [-0.2, 0) is 14.8 Å². The monoisotopic (exact) mass is 268 g/mol. The minimum Gasteiger partial charge on any atom is -0.342 e. The average Bonchev–Trinajstić information content (AvgIpc) is 3.07. The molecule has 98 valence electrons. The van der Waals surface area contributed by atoms with Crippen molar-refractivity contribution in [3.63, 3.8) is 0 Å². The van der Waals surface area contributed by atoms with Crippen molar-refractivity contribution in [1.29, 1.82) is 0 Å². The lowest BCUT2D eigenvalue weighted by molar-refractivity contribution is -0.128. The number of rotatable bonds is 3. The molecule has 0 bridgehead atoms. The second-order valence-corrected chi connectivity index (χ2v) is 6.21.